The summed E-state index contributed by atoms with van der Waals surface area (Å²) in [5.41, 5.74) is 6.99. The highest BCUT2D eigenvalue weighted by atomic mass is 33.1. The average Bonchev–Trinajstić information content (AvgIpc) is 2.39. The largest absolute Gasteiger partial charge is 0.468 e. The monoisotopic (exact) mass is 271 g/mol. The molecule has 0 bridgehead atoms. The molecule has 0 fully saturated rings. The molecule has 3 nitrogen and oxygen atoms in total. The lowest BCUT2D eigenvalue weighted by atomic mass is 10.1. The molecule has 0 saturated carbocycles. The minimum Gasteiger partial charge on any atom is -0.468 e. The minimum atomic E-state index is -0.633. The Morgan fingerprint density at radius 1 is 1.41 bits per heavy atom. The number of ether oxygens (including phenoxy) is 1. The molecule has 0 amide bonds. The molecule has 94 valence electrons. The number of carbonyl (C=O) groups is 1. The number of benzene rings is 1. The minimum absolute atomic E-state index is 0.0754. The Hall–Kier alpha value is -0.650. The van der Waals surface area contributed by atoms with Crippen molar-refractivity contribution < 1.29 is 9.53 Å². The van der Waals surface area contributed by atoms with Crippen molar-refractivity contribution in [2.24, 2.45) is 5.73 Å². The van der Waals surface area contributed by atoms with E-state index in [1.165, 1.54) is 7.11 Å². The predicted octanol–water partition coefficient (Wildman–Crippen LogP) is 2.63. The lowest BCUT2D eigenvalue weighted by molar-refractivity contribution is -0.142. The van der Waals surface area contributed by atoms with Crippen molar-refractivity contribution in [3.05, 3.63) is 35.9 Å². The molecule has 2 N–H and O–H groups in total. The van der Waals surface area contributed by atoms with Gasteiger partial charge in [-0.15, -0.1) is 0 Å². The number of hydrogen-bond acceptors (Lipinski definition) is 5. The Kier molecular flexibility index (Phi) is 6.47. The van der Waals surface area contributed by atoms with Gasteiger partial charge in [0.2, 0.25) is 0 Å². The summed E-state index contributed by atoms with van der Waals surface area (Å²) in [5.74, 6) is 0.602. The molecular weight excluding hydrogens is 254 g/mol. The maximum absolute atomic E-state index is 11.5. The number of esters is 1. The van der Waals surface area contributed by atoms with Crippen LogP contribution >= 0.6 is 21.6 Å². The van der Waals surface area contributed by atoms with Crippen LogP contribution in [0.25, 0.3) is 0 Å². The summed E-state index contributed by atoms with van der Waals surface area (Å²) in [6.45, 7) is 2.07. The molecule has 5 heteroatoms. The molecule has 0 aromatic heterocycles. The molecule has 1 aromatic rings. The van der Waals surface area contributed by atoms with Crippen molar-refractivity contribution >= 4 is 27.6 Å². The quantitative estimate of drug-likeness (QED) is 0.637. The number of nitrogens with two attached hydrogens (primary N) is 1. The van der Waals surface area contributed by atoms with Gasteiger partial charge in [-0.05, 0) is 5.56 Å². The van der Waals surface area contributed by atoms with E-state index in [4.69, 9.17) is 10.5 Å². The van der Waals surface area contributed by atoms with E-state index in [0.29, 0.717) is 0 Å². The molecule has 1 rings (SSSR count). The van der Waals surface area contributed by atoms with Crippen LogP contribution in [0.1, 0.15) is 17.7 Å². The first-order valence-corrected chi connectivity index (χ1v) is 7.75. The SMILES string of the molecule is CCSS[C@H](c1ccccc1)[C@H](N)C(=O)OC. The summed E-state index contributed by atoms with van der Waals surface area (Å²) in [6, 6.07) is 9.17. The second-order valence-corrected chi connectivity index (χ2v) is 6.18. The summed E-state index contributed by atoms with van der Waals surface area (Å²) in [4.78, 5) is 11.5. The number of carbonyl (C=O) groups excluding carboxylic acids is 1. The molecular formula is C12H17NO2S2. The summed E-state index contributed by atoms with van der Waals surface area (Å²) in [5, 5.41) is -0.0754. The van der Waals surface area contributed by atoms with E-state index in [0.717, 1.165) is 11.3 Å². The van der Waals surface area contributed by atoms with E-state index >= 15 is 0 Å². The molecule has 0 aliphatic carbocycles. The Labute approximate surface area is 110 Å². The highest BCUT2D eigenvalue weighted by Gasteiger charge is 2.27. The van der Waals surface area contributed by atoms with Crippen LogP contribution in [0.15, 0.2) is 30.3 Å². The fourth-order valence-corrected chi connectivity index (χ4v) is 3.69. The average molecular weight is 271 g/mol. The van der Waals surface area contributed by atoms with Crippen molar-refractivity contribution in [2.75, 3.05) is 12.9 Å². The molecule has 0 unspecified atom stereocenters. The van der Waals surface area contributed by atoms with Gasteiger partial charge in [-0.2, -0.15) is 0 Å². The molecule has 0 radical (unpaired) electrons. The normalized spacial score (nSPS) is 14.1. The van der Waals surface area contributed by atoms with E-state index in [-0.39, 0.29) is 11.2 Å². The van der Waals surface area contributed by atoms with Gasteiger partial charge in [-0.3, -0.25) is 4.79 Å². The standard InChI is InChI=1S/C12H17NO2S2/c1-3-16-17-11(10(13)12(14)15-2)9-7-5-4-6-8-9/h4-8,10-11H,3,13H2,1-2H3/t10-,11+/m0/s1. The van der Waals surface area contributed by atoms with Gasteiger partial charge in [0.05, 0.1) is 12.4 Å². The molecule has 2 atom stereocenters. The lowest BCUT2D eigenvalue weighted by Gasteiger charge is -2.21. The third-order valence-electron chi connectivity index (χ3n) is 2.22. The summed E-state index contributed by atoms with van der Waals surface area (Å²) in [7, 11) is 4.68. The smallest absolute Gasteiger partial charge is 0.324 e. The molecule has 0 aliphatic rings. The third kappa shape index (κ3) is 4.26. The van der Waals surface area contributed by atoms with Crippen LogP contribution < -0.4 is 5.73 Å². The zero-order chi connectivity index (χ0) is 12.7. The van der Waals surface area contributed by atoms with Crippen molar-refractivity contribution in [1.82, 2.24) is 0 Å². The van der Waals surface area contributed by atoms with Gasteiger partial charge in [0.1, 0.15) is 6.04 Å². The van der Waals surface area contributed by atoms with Crippen molar-refractivity contribution in [2.45, 2.75) is 18.2 Å². The van der Waals surface area contributed by atoms with E-state index in [1.54, 1.807) is 21.6 Å². The molecule has 0 aliphatic heterocycles. The zero-order valence-corrected chi connectivity index (χ0v) is 11.6. The predicted molar refractivity (Wildman–Crippen MR) is 74.9 cm³/mol. The Bertz CT molecular complexity index is 346. The Balaban J connectivity index is 2.84. The highest BCUT2D eigenvalue weighted by Crippen LogP contribution is 2.39. The second-order valence-electron chi connectivity index (χ2n) is 3.38. The maximum Gasteiger partial charge on any atom is 0.324 e. The first-order chi connectivity index (χ1) is 8.20. The third-order valence-corrected chi connectivity index (χ3v) is 5.10. The van der Waals surface area contributed by atoms with Crippen LogP contribution in [-0.2, 0) is 9.53 Å². The van der Waals surface area contributed by atoms with Crippen LogP contribution in [0.5, 0.6) is 0 Å². The molecule has 0 heterocycles. The van der Waals surface area contributed by atoms with Crippen molar-refractivity contribution in [1.29, 1.82) is 0 Å². The number of hydrogen-bond donors (Lipinski definition) is 1. The lowest BCUT2D eigenvalue weighted by Crippen LogP contribution is -2.36. The van der Waals surface area contributed by atoms with Gasteiger partial charge in [-0.25, -0.2) is 0 Å². The molecule has 0 saturated heterocycles. The van der Waals surface area contributed by atoms with Gasteiger partial charge < -0.3 is 10.5 Å². The van der Waals surface area contributed by atoms with Crippen LogP contribution in [0.3, 0.4) is 0 Å². The van der Waals surface area contributed by atoms with Crippen LogP contribution in [-0.4, -0.2) is 24.9 Å². The van der Waals surface area contributed by atoms with E-state index in [2.05, 4.69) is 6.92 Å². The highest BCUT2D eigenvalue weighted by molar-refractivity contribution is 8.76. The van der Waals surface area contributed by atoms with Gasteiger partial charge in [0.15, 0.2) is 0 Å². The Morgan fingerprint density at radius 2 is 2.06 bits per heavy atom. The number of methoxy groups -OCH3 is 1. The topological polar surface area (TPSA) is 52.3 Å². The summed E-state index contributed by atoms with van der Waals surface area (Å²) >= 11 is 0. The van der Waals surface area contributed by atoms with Gasteiger partial charge >= 0.3 is 5.97 Å². The van der Waals surface area contributed by atoms with Crippen LogP contribution in [0, 0.1) is 0 Å². The summed E-state index contributed by atoms with van der Waals surface area (Å²) in [6.07, 6.45) is 0. The van der Waals surface area contributed by atoms with Gasteiger partial charge in [-0.1, -0.05) is 58.8 Å². The molecule has 1 aromatic carbocycles. The fraction of sp³-hybridized carbons (Fsp3) is 0.417. The fourth-order valence-electron chi connectivity index (χ4n) is 1.37. The van der Waals surface area contributed by atoms with Crippen molar-refractivity contribution in [3.8, 4) is 0 Å². The van der Waals surface area contributed by atoms with E-state index < -0.39 is 6.04 Å². The first-order valence-electron chi connectivity index (χ1n) is 5.37. The molecule has 0 spiro atoms. The van der Waals surface area contributed by atoms with Gasteiger partial charge in [0, 0.05) is 5.75 Å². The first kappa shape index (κ1) is 14.4. The maximum atomic E-state index is 11.5. The van der Waals surface area contributed by atoms with E-state index in [9.17, 15) is 4.79 Å². The van der Waals surface area contributed by atoms with Crippen LogP contribution in [0.2, 0.25) is 0 Å². The number of rotatable bonds is 6. The molecule has 17 heavy (non-hydrogen) atoms. The van der Waals surface area contributed by atoms with Gasteiger partial charge in [0.25, 0.3) is 0 Å². The second kappa shape index (κ2) is 7.63. The van der Waals surface area contributed by atoms with Crippen LogP contribution in [0.4, 0.5) is 0 Å². The Morgan fingerprint density at radius 3 is 2.59 bits per heavy atom. The zero-order valence-electron chi connectivity index (χ0n) is 9.96. The van der Waals surface area contributed by atoms with E-state index in [1.807, 2.05) is 30.3 Å². The summed E-state index contributed by atoms with van der Waals surface area (Å²) < 4.78 is 4.71. The van der Waals surface area contributed by atoms with Crippen molar-refractivity contribution in [3.63, 3.8) is 0 Å².